The second kappa shape index (κ2) is 5.41. The van der Waals surface area contributed by atoms with Gasteiger partial charge in [-0.05, 0) is 31.7 Å². The average Bonchev–Trinajstić information content (AvgIpc) is 2.90. The van der Waals surface area contributed by atoms with Crippen LogP contribution in [0.5, 0.6) is 0 Å². The number of para-hydroxylation sites is 1. The standard InChI is InChI=1S/C17H22N2O/c1-12-7-9-19(10-8-12)13(2)17(20)15-11-18-16-6-4-3-5-14(15)16/h3-6,11-13,18H,7-10H2,1-2H3/p+1/t13-/m0/s1. The Morgan fingerprint density at radius 3 is 2.75 bits per heavy atom. The molecular formula is C17H23N2O+. The third-order valence-corrected chi connectivity index (χ3v) is 4.78. The first-order valence-corrected chi connectivity index (χ1v) is 7.61. The molecule has 0 radical (unpaired) electrons. The molecule has 0 saturated carbocycles. The second-order valence-electron chi connectivity index (χ2n) is 6.17. The van der Waals surface area contributed by atoms with E-state index in [4.69, 9.17) is 0 Å². The summed E-state index contributed by atoms with van der Waals surface area (Å²) in [5.74, 6) is 1.08. The predicted molar refractivity (Wildman–Crippen MR) is 81.2 cm³/mol. The van der Waals surface area contributed by atoms with Gasteiger partial charge >= 0.3 is 0 Å². The maximum absolute atomic E-state index is 12.8. The van der Waals surface area contributed by atoms with Crippen molar-refractivity contribution in [3.05, 3.63) is 36.0 Å². The molecule has 0 aliphatic carbocycles. The van der Waals surface area contributed by atoms with Crippen LogP contribution in [0.1, 0.15) is 37.0 Å². The number of likely N-dealkylation sites (tertiary alicyclic amines) is 1. The number of nitrogens with one attached hydrogen (secondary N) is 2. The maximum Gasteiger partial charge on any atom is 0.221 e. The number of quaternary nitrogens is 1. The average molecular weight is 271 g/mol. The summed E-state index contributed by atoms with van der Waals surface area (Å²) in [5, 5.41) is 1.05. The first kappa shape index (κ1) is 13.4. The summed E-state index contributed by atoms with van der Waals surface area (Å²) < 4.78 is 0. The van der Waals surface area contributed by atoms with Crippen molar-refractivity contribution in [1.82, 2.24) is 4.98 Å². The van der Waals surface area contributed by atoms with E-state index < -0.39 is 0 Å². The lowest BCUT2D eigenvalue weighted by atomic mass is 9.96. The molecule has 3 nitrogen and oxygen atoms in total. The number of piperidine rings is 1. The van der Waals surface area contributed by atoms with Gasteiger partial charge in [0.1, 0.15) is 6.04 Å². The van der Waals surface area contributed by atoms with E-state index in [1.54, 1.807) is 0 Å². The number of carbonyl (C=O) groups excluding carboxylic acids is 1. The number of fused-ring (bicyclic) bond motifs is 1. The van der Waals surface area contributed by atoms with Crippen molar-refractivity contribution in [2.45, 2.75) is 32.7 Å². The van der Waals surface area contributed by atoms with Gasteiger partial charge in [-0.15, -0.1) is 0 Å². The molecule has 1 aliphatic rings. The van der Waals surface area contributed by atoms with Crippen molar-refractivity contribution in [2.75, 3.05) is 13.1 Å². The quantitative estimate of drug-likeness (QED) is 0.824. The topological polar surface area (TPSA) is 37.3 Å². The van der Waals surface area contributed by atoms with E-state index in [-0.39, 0.29) is 11.8 Å². The van der Waals surface area contributed by atoms with Gasteiger partial charge in [0.05, 0.1) is 13.1 Å². The summed E-state index contributed by atoms with van der Waals surface area (Å²) in [6.07, 6.45) is 4.34. The van der Waals surface area contributed by atoms with Crippen molar-refractivity contribution in [3.8, 4) is 0 Å². The highest BCUT2D eigenvalue weighted by Gasteiger charge is 2.30. The zero-order valence-corrected chi connectivity index (χ0v) is 12.3. The fourth-order valence-electron chi connectivity index (χ4n) is 3.26. The summed E-state index contributed by atoms with van der Waals surface area (Å²) in [6, 6.07) is 8.09. The Hall–Kier alpha value is -1.61. The Morgan fingerprint density at radius 2 is 2.00 bits per heavy atom. The third kappa shape index (κ3) is 2.38. The van der Waals surface area contributed by atoms with Crippen molar-refractivity contribution in [3.63, 3.8) is 0 Å². The molecule has 2 aromatic rings. The molecule has 2 heterocycles. The van der Waals surface area contributed by atoms with Gasteiger partial charge in [-0.25, -0.2) is 0 Å². The number of carbonyl (C=O) groups is 1. The number of aromatic nitrogens is 1. The Morgan fingerprint density at radius 1 is 1.30 bits per heavy atom. The number of rotatable bonds is 3. The van der Waals surface area contributed by atoms with Gasteiger partial charge < -0.3 is 9.88 Å². The first-order chi connectivity index (χ1) is 9.66. The van der Waals surface area contributed by atoms with Gasteiger partial charge in [-0.3, -0.25) is 4.79 Å². The van der Waals surface area contributed by atoms with E-state index in [2.05, 4.69) is 18.8 Å². The molecule has 3 heteroatoms. The number of benzene rings is 1. The van der Waals surface area contributed by atoms with Crippen LogP contribution in [0, 0.1) is 5.92 Å². The molecule has 20 heavy (non-hydrogen) atoms. The molecule has 1 atom stereocenters. The predicted octanol–water partition coefficient (Wildman–Crippen LogP) is 2.05. The number of H-pyrrole nitrogens is 1. The van der Waals surface area contributed by atoms with Gasteiger partial charge in [0.15, 0.2) is 0 Å². The van der Waals surface area contributed by atoms with Gasteiger partial charge in [-0.2, -0.15) is 0 Å². The molecule has 0 unspecified atom stereocenters. The third-order valence-electron chi connectivity index (χ3n) is 4.78. The lowest BCUT2D eigenvalue weighted by molar-refractivity contribution is -0.919. The Labute approximate surface area is 120 Å². The summed E-state index contributed by atoms with van der Waals surface area (Å²) in [6.45, 7) is 6.63. The Balaban J connectivity index is 1.81. The summed E-state index contributed by atoms with van der Waals surface area (Å²) in [7, 11) is 0. The van der Waals surface area contributed by atoms with E-state index in [9.17, 15) is 4.79 Å². The van der Waals surface area contributed by atoms with E-state index in [1.165, 1.54) is 17.7 Å². The molecule has 1 aliphatic heterocycles. The molecule has 106 valence electrons. The van der Waals surface area contributed by atoms with Crippen LogP contribution in [0.15, 0.2) is 30.5 Å². The van der Waals surface area contributed by atoms with Crippen molar-refractivity contribution >= 4 is 16.7 Å². The minimum Gasteiger partial charge on any atom is -0.360 e. The monoisotopic (exact) mass is 271 g/mol. The van der Waals surface area contributed by atoms with Gasteiger partial charge in [0.25, 0.3) is 0 Å². The van der Waals surface area contributed by atoms with Crippen LogP contribution >= 0.6 is 0 Å². The number of hydrogen-bond donors (Lipinski definition) is 2. The molecule has 1 aromatic carbocycles. The van der Waals surface area contributed by atoms with E-state index >= 15 is 0 Å². The van der Waals surface area contributed by atoms with E-state index in [0.29, 0.717) is 0 Å². The number of ketones is 1. The number of aromatic amines is 1. The van der Waals surface area contributed by atoms with Crippen LogP contribution in [0.25, 0.3) is 10.9 Å². The second-order valence-corrected chi connectivity index (χ2v) is 6.17. The first-order valence-electron chi connectivity index (χ1n) is 7.61. The zero-order valence-electron chi connectivity index (χ0n) is 12.3. The van der Waals surface area contributed by atoms with Gasteiger partial charge in [0.2, 0.25) is 5.78 Å². The lowest BCUT2D eigenvalue weighted by Gasteiger charge is -2.31. The molecule has 1 aromatic heterocycles. The minimum absolute atomic E-state index is 0.0571. The fraction of sp³-hybridized carbons (Fsp3) is 0.471. The Bertz CT molecular complexity index is 608. The zero-order chi connectivity index (χ0) is 14.1. The largest absolute Gasteiger partial charge is 0.360 e. The normalized spacial score (nSPS) is 24.7. The van der Waals surface area contributed by atoms with Crippen LogP contribution in [0.3, 0.4) is 0 Å². The van der Waals surface area contributed by atoms with Crippen LogP contribution in [0.2, 0.25) is 0 Å². The van der Waals surface area contributed by atoms with Crippen molar-refractivity contribution < 1.29 is 9.69 Å². The molecule has 1 fully saturated rings. The lowest BCUT2D eigenvalue weighted by Crippen LogP contribution is -3.17. The smallest absolute Gasteiger partial charge is 0.221 e. The highest BCUT2D eigenvalue weighted by Crippen LogP contribution is 2.19. The van der Waals surface area contributed by atoms with Crippen LogP contribution in [0.4, 0.5) is 0 Å². The SMILES string of the molecule is CC1CC[NH+]([C@@H](C)C(=O)c2c[nH]c3ccccc23)CC1. The molecule has 1 saturated heterocycles. The summed E-state index contributed by atoms with van der Waals surface area (Å²) in [5.41, 5.74) is 1.89. The minimum atomic E-state index is 0.0571. The summed E-state index contributed by atoms with van der Waals surface area (Å²) >= 11 is 0. The van der Waals surface area contributed by atoms with Crippen LogP contribution in [-0.2, 0) is 0 Å². The Kier molecular flexibility index (Phi) is 3.62. The van der Waals surface area contributed by atoms with Crippen molar-refractivity contribution in [1.29, 1.82) is 0 Å². The van der Waals surface area contributed by atoms with Crippen LogP contribution in [-0.4, -0.2) is 29.9 Å². The number of Topliss-reactive ketones (excluding diaryl/α,β-unsaturated/α-hetero) is 1. The molecule has 3 rings (SSSR count). The molecule has 0 bridgehead atoms. The molecule has 0 spiro atoms. The van der Waals surface area contributed by atoms with Gasteiger partial charge in [-0.1, -0.05) is 25.1 Å². The van der Waals surface area contributed by atoms with Crippen molar-refractivity contribution in [2.24, 2.45) is 5.92 Å². The van der Waals surface area contributed by atoms with Crippen LogP contribution < -0.4 is 4.90 Å². The summed E-state index contributed by atoms with van der Waals surface area (Å²) in [4.78, 5) is 17.4. The highest BCUT2D eigenvalue weighted by atomic mass is 16.1. The highest BCUT2D eigenvalue weighted by molar-refractivity contribution is 6.09. The van der Waals surface area contributed by atoms with E-state index in [1.807, 2.05) is 30.5 Å². The van der Waals surface area contributed by atoms with Gasteiger partial charge in [0, 0.05) is 22.7 Å². The van der Waals surface area contributed by atoms with E-state index in [0.717, 1.165) is 35.5 Å². The molecule has 0 amide bonds. The fourth-order valence-corrected chi connectivity index (χ4v) is 3.26. The molecule has 2 N–H and O–H groups in total. The molecular weight excluding hydrogens is 248 g/mol. The number of hydrogen-bond acceptors (Lipinski definition) is 1. The maximum atomic E-state index is 12.8.